The SMILES string of the molecule is Cc1c(Cl)cccc1NC(=O)c1cc(NC(=O)c2cccc(C3CC3C(F)(F)F)c2CF)cc2[nH]c(C3(C(F)(F)F)CC3)nc12. The lowest BCUT2D eigenvalue weighted by Gasteiger charge is -2.16. The number of carbonyl (C=O) groups is 2. The van der Waals surface area contributed by atoms with Crippen molar-refractivity contribution in [1.29, 1.82) is 0 Å². The van der Waals surface area contributed by atoms with Crippen molar-refractivity contribution in [3.63, 3.8) is 0 Å². The fourth-order valence-electron chi connectivity index (χ4n) is 5.71. The molecule has 0 radical (unpaired) electrons. The molecule has 14 heteroatoms. The highest BCUT2D eigenvalue weighted by molar-refractivity contribution is 6.31. The van der Waals surface area contributed by atoms with E-state index in [4.69, 9.17) is 11.6 Å². The van der Waals surface area contributed by atoms with Crippen molar-refractivity contribution in [2.75, 3.05) is 10.6 Å². The van der Waals surface area contributed by atoms with E-state index in [9.17, 15) is 40.3 Å². The van der Waals surface area contributed by atoms with E-state index in [1.807, 2.05) is 0 Å². The van der Waals surface area contributed by atoms with Gasteiger partial charge in [-0.3, -0.25) is 9.59 Å². The van der Waals surface area contributed by atoms with Gasteiger partial charge >= 0.3 is 12.4 Å². The third-order valence-electron chi connectivity index (χ3n) is 8.55. The van der Waals surface area contributed by atoms with E-state index in [1.165, 1.54) is 30.3 Å². The van der Waals surface area contributed by atoms with E-state index in [0.717, 1.165) is 0 Å². The van der Waals surface area contributed by atoms with Crippen molar-refractivity contribution in [1.82, 2.24) is 9.97 Å². The Balaban J connectivity index is 1.38. The van der Waals surface area contributed by atoms with Crippen molar-refractivity contribution in [2.24, 2.45) is 5.92 Å². The topological polar surface area (TPSA) is 86.9 Å². The number of imidazole rings is 1. The first-order chi connectivity index (χ1) is 21.1. The van der Waals surface area contributed by atoms with Crippen LogP contribution >= 0.6 is 11.6 Å². The summed E-state index contributed by atoms with van der Waals surface area (Å²) in [6.45, 7) is 0.460. The Labute approximate surface area is 256 Å². The molecule has 4 aromatic rings. The second-order valence-electron chi connectivity index (χ2n) is 11.4. The number of nitrogens with zero attached hydrogens (tertiary/aromatic N) is 1. The number of halogens is 8. The number of benzene rings is 3. The van der Waals surface area contributed by atoms with Crippen LogP contribution in [0.2, 0.25) is 5.02 Å². The Morgan fingerprint density at radius 3 is 2.31 bits per heavy atom. The average molecular weight is 653 g/mol. The van der Waals surface area contributed by atoms with Gasteiger partial charge in [0.2, 0.25) is 0 Å². The van der Waals surface area contributed by atoms with Gasteiger partial charge in [-0.05, 0) is 79.1 Å². The van der Waals surface area contributed by atoms with Crippen LogP contribution in [-0.2, 0) is 12.1 Å². The molecule has 2 unspecified atom stereocenters. The van der Waals surface area contributed by atoms with E-state index in [2.05, 4.69) is 20.6 Å². The van der Waals surface area contributed by atoms with E-state index in [0.29, 0.717) is 16.3 Å². The minimum absolute atomic E-state index is 0.0248. The van der Waals surface area contributed by atoms with E-state index in [1.54, 1.807) is 25.1 Å². The summed E-state index contributed by atoms with van der Waals surface area (Å²) in [7, 11) is 0. The Morgan fingerprint density at radius 1 is 1.00 bits per heavy atom. The standard InChI is InChI=1S/C31H24ClF7N4O2/c1-14-22(32)6-3-7-23(14)41-27(45)19-10-15(11-24-25(19)43-28(42-24)29(8-9-29)31(37,38)39)40-26(44)17-5-2-4-16(20(17)13-33)18-12-21(18)30(34,35)36/h2-7,10-11,18,21H,8-9,12-13H2,1H3,(H,40,44)(H,41,45)(H,42,43). The van der Waals surface area contributed by atoms with Gasteiger partial charge in [-0.1, -0.05) is 29.8 Å². The molecule has 2 aliphatic rings. The lowest BCUT2D eigenvalue weighted by Crippen LogP contribution is -2.29. The maximum atomic E-state index is 14.2. The Morgan fingerprint density at radius 2 is 1.69 bits per heavy atom. The Kier molecular flexibility index (Phi) is 7.37. The Hall–Kier alpha value is -4.13. The number of anilines is 2. The number of nitrogens with one attached hydrogen (secondary N) is 3. The van der Waals surface area contributed by atoms with Gasteiger partial charge in [0.05, 0.1) is 17.0 Å². The van der Waals surface area contributed by atoms with Gasteiger partial charge in [0.1, 0.15) is 23.4 Å². The maximum Gasteiger partial charge on any atom is 0.401 e. The molecule has 2 atom stereocenters. The number of H-pyrrole nitrogens is 1. The van der Waals surface area contributed by atoms with Crippen LogP contribution in [0.15, 0.2) is 48.5 Å². The van der Waals surface area contributed by atoms with Crippen LogP contribution in [0.25, 0.3) is 11.0 Å². The zero-order valence-corrected chi connectivity index (χ0v) is 24.1. The monoisotopic (exact) mass is 652 g/mol. The predicted octanol–water partition coefficient (Wildman–Crippen LogP) is 8.76. The van der Waals surface area contributed by atoms with Gasteiger partial charge in [-0.15, -0.1) is 0 Å². The molecular formula is C31H24ClF7N4O2. The predicted molar refractivity (Wildman–Crippen MR) is 153 cm³/mol. The first-order valence-corrected chi connectivity index (χ1v) is 14.3. The van der Waals surface area contributed by atoms with Crippen LogP contribution in [0.4, 0.5) is 42.1 Å². The van der Waals surface area contributed by atoms with Crippen LogP contribution < -0.4 is 10.6 Å². The molecular weight excluding hydrogens is 629 g/mol. The minimum atomic E-state index is -4.60. The fraction of sp³-hybridized carbons (Fsp3) is 0.323. The summed E-state index contributed by atoms with van der Waals surface area (Å²) in [6, 6.07) is 11.3. The molecule has 2 amide bonds. The normalized spacial score (nSPS) is 19.0. The first kappa shape index (κ1) is 30.9. The number of hydrogen-bond donors (Lipinski definition) is 3. The fourth-order valence-corrected chi connectivity index (χ4v) is 5.89. The van der Waals surface area contributed by atoms with Gasteiger partial charge in [-0.2, -0.15) is 26.3 Å². The zero-order valence-electron chi connectivity index (χ0n) is 23.4. The van der Waals surface area contributed by atoms with Crippen molar-refractivity contribution < 1.29 is 40.3 Å². The highest BCUT2D eigenvalue weighted by Crippen LogP contribution is 2.58. The number of hydrogen-bond acceptors (Lipinski definition) is 3. The summed E-state index contributed by atoms with van der Waals surface area (Å²) in [5, 5.41) is 5.56. The summed E-state index contributed by atoms with van der Waals surface area (Å²) in [5.74, 6) is -4.61. The molecule has 2 fully saturated rings. The van der Waals surface area contributed by atoms with Crippen LogP contribution in [0.3, 0.4) is 0 Å². The largest absolute Gasteiger partial charge is 0.401 e. The van der Waals surface area contributed by atoms with Gasteiger partial charge in [0, 0.05) is 22.0 Å². The highest BCUT2D eigenvalue weighted by atomic mass is 35.5. The molecule has 6 nitrogen and oxygen atoms in total. The van der Waals surface area contributed by atoms with Crippen molar-refractivity contribution in [2.45, 2.75) is 56.5 Å². The van der Waals surface area contributed by atoms with Crippen LogP contribution in [0, 0.1) is 12.8 Å². The molecule has 3 N–H and O–H groups in total. The van der Waals surface area contributed by atoms with E-state index < -0.39 is 48.1 Å². The molecule has 6 rings (SSSR count). The zero-order chi connectivity index (χ0) is 32.5. The second-order valence-corrected chi connectivity index (χ2v) is 11.8. The number of aromatic nitrogens is 2. The summed E-state index contributed by atoms with van der Waals surface area (Å²) in [4.78, 5) is 33.7. The van der Waals surface area contributed by atoms with Crippen molar-refractivity contribution in [3.8, 4) is 0 Å². The highest BCUT2D eigenvalue weighted by Gasteiger charge is 2.66. The van der Waals surface area contributed by atoms with Crippen LogP contribution in [0.5, 0.6) is 0 Å². The number of fused-ring (bicyclic) bond motifs is 1. The molecule has 236 valence electrons. The minimum Gasteiger partial charge on any atom is -0.341 e. The van der Waals surface area contributed by atoms with Crippen molar-refractivity contribution in [3.05, 3.63) is 87.2 Å². The van der Waals surface area contributed by atoms with Gasteiger partial charge < -0.3 is 15.6 Å². The van der Waals surface area contributed by atoms with Gasteiger partial charge in [0.15, 0.2) is 0 Å². The molecule has 2 aliphatic carbocycles. The summed E-state index contributed by atoms with van der Waals surface area (Å²) >= 11 is 6.17. The lowest BCUT2D eigenvalue weighted by atomic mass is 9.96. The van der Waals surface area contributed by atoms with Crippen LogP contribution in [0.1, 0.15) is 68.4 Å². The molecule has 0 bridgehead atoms. The van der Waals surface area contributed by atoms with Crippen LogP contribution in [-0.4, -0.2) is 34.1 Å². The number of rotatable bonds is 7. The van der Waals surface area contributed by atoms with Gasteiger partial charge in [-0.25, -0.2) is 9.37 Å². The summed E-state index contributed by atoms with van der Waals surface area (Å²) in [6.07, 6.45) is -9.66. The molecule has 0 saturated heterocycles. The van der Waals surface area contributed by atoms with Crippen molar-refractivity contribution >= 4 is 45.8 Å². The summed E-state index contributed by atoms with van der Waals surface area (Å²) in [5.41, 5.74) is -1.90. The molecule has 45 heavy (non-hydrogen) atoms. The summed E-state index contributed by atoms with van der Waals surface area (Å²) < 4.78 is 95.7. The van der Waals surface area contributed by atoms with E-state index >= 15 is 0 Å². The number of carbonyl (C=O) groups excluding carboxylic acids is 2. The van der Waals surface area contributed by atoms with Gasteiger partial charge in [0.25, 0.3) is 11.8 Å². The third kappa shape index (κ3) is 5.51. The van der Waals surface area contributed by atoms with E-state index in [-0.39, 0.29) is 64.1 Å². The molecule has 0 aliphatic heterocycles. The number of aromatic amines is 1. The molecule has 0 spiro atoms. The maximum absolute atomic E-state index is 14.2. The average Bonchev–Trinajstić information content (AvgIpc) is 3.89. The molecule has 3 aromatic carbocycles. The Bertz CT molecular complexity index is 1850. The quantitative estimate of drug-likeness (QED) is 0.175. The second kappa shape index (κ2) is 10.7. The first-order valence-electron chi connectivity index (χ1n) is 13.9. The third-order valence-corrected chi connectivity index (χ3v) is 8.96. The molecule has 1 aromatic heterocycles. The smallest absolute Gasteiger partial charge is 0.341 e. The lowest BCUT2D eigenvalue weighted by molar-refractivity contribution is -0.162. The number of alkyl halides is 7. The molecule has 1 heterocycles. The molecule has 2 saturated carbocycles. The number of amides is 2.